The lowest BCUT2D eigenvalue weighted by Crippen LogP contribution is -1.86. The fraction of sp³-hybridized carbons (Fsp3) is 0.182. The monoisotopic (exact) mass is 201 g/mol. The number of aromatic hydroxyl groups is 1. The summed E-state index contributed by atoms with van der Waals surface area (Å²) in [6, 6.07) is 5.31. The second-order valence-electron chi connectivity index (χ2n) is 2.51. The second-order valence-corrected chi connectivity index (χ2v) is 2.51. The van der Waals surface area contributed by atoms with E-state index in [2.05, 4.69) is 9.97 Å². The Labute approximate surface area is 87.8 Å². The van der Waals surface area contributed by atoms with E-state index < -0.39 is 0 Å². The molecular formula is C11H11N3O. The standard InChI is InChI=1S/C9H5N3O.C2H6/c10-4-7-9(13)8-6(5-12-7)2-1-3-11-8;1-2/h1-3,5,13H;1-2H3. The summed E-state index contributed by atoms with van der Waals surface area (Å²) in [5.41, 5.74) is 0.417. The summed E-state index contributed by atoms with van der Waals surface area (Å²) in [6.45, 7) is 4.00. The minimum atomic E-state index is -0.152. The zero-order chi connectivity index (χ0) is 11.3. The van der Waals surface area contributed by atoms with E-state index in [-0.39, 0.29) is 11.4 Å². The van der Waals surface area contributed by atoms with Crippen molar-refractivity contribution in [1.29, 1.82) is 5.26 Å². The Balaban J connectivity index is 0.000000531. The maximum absolute atomic E-state index is 9.50. The third kappa shape index (κ3) is 2.02. The SMILES string of the molecule is CC.N#Cc1ncc2cccnc2c1O. The second kappa shape index (κ2) is 4.91. The van der Waals surface area contributed by atoms with Crippen molar-refractivity contribution < 1.29 is 5.11 Å². The highest BCUT2D eigenvalue weighted by molar-refractivity contribution is 5.84. The Morgan fingerprint density at radius 2 is 2.07 bits per heavy atom. The van der Waals surface area contributed by atoms with Gasteiger partial charge >= 0.3 is 0 Å². The van der Waals surface area contributed by atoms with Gasteiger partial charge in [-0.05, 0) is 12.1 Å². The molecule has 2 aromatic rings. The van der Waals surface area contributed by atoms with Crippen molar-refractivity contribution in [3.05, 3.63) is 30.2 Å². The molecule has 4 nitrogen and oxygen atoms in total. The molecule has 0 aliphatic carbocycles. The van der Waals surface area contributed by atoms with Gasteiger partial charge in [0, 0.05) is 17.8 Å². The lowest BCUT2D eigenvalue weighted by Gasteiger charge is -1.99. The lowest BCUT2D eigenvalue weighted by atomic mass is 10.2. The number of nitrogens with zero attached hydrogens (tertiary/aromatic N) is 3. The third-order valence-corrected chi connectivity index (χ3v) is 1.73. The van der Waals surface area contributed by atoms with E-state index in [9.17, 15) is 5.11 Å². The van der Waals surface area contributed by atoms with Gasteiger partial charge in [0.05, 0.1) is 0 Å². The highest BCUT2D eigenvalue weighted by atomic mass is 16.3. The van der Waals surface area contributed by atoms with E-state index in [1.54, 1.807) is 24.4 Å². The first-order valence-corrected chi connectivity index (χ1v) is 4.65. The summed E-state index contributed by atoms with van der Waals surface area (Å²) in [7, 11) is 0. The summed E-state index contributed by atoms with van der Waals surface area (Å²) in [5.74, 6) is -0.152. The van der Waals surface area contributed by atoms with Crippen LogP contribution < -0.4 is 0 Å². The maximum atomic E-state index is 9.50. The van der Waals surface area contributed by atoms with Gasteiger partial charge in [0.2, 0.25) is 0 Å². The van der Waals surface area contributed by atoms with Crippen molar-refractivity contribution in [2.75, 3.05) is 0 Å². The summed E-state index contributed by atoms with van der Waals surface area (Å²) in [5, 5.41) is 18.8. The van der Waals surface area contributed by atoms with E-state index in [0.717, 1.165) is 5.39 Å². The van der Waals surface area contributed by atoms with Crippen molar-refractivity contribution >= 4 is 10.9 Å². The zero-order valence-electron chi connectivity index (χ0n) is 8.60. The molecule has 15 heavy (non-hydrogen) atoms. The Bertz CT molecular complexity index is 503. The number of aromatic nitrogens is 2. The normalized spacial score (nSPS) is 8.87. The predicted molar refractivity (Wildman–Crippen MR) is 57.3 cm³/mol. The minimum Gasteiger partial charge on any atom is -0.503 e. The summed E-state index contributed by atoms with van der Waals surface area (Å²) in [4.78, 5) is 7.72. The van der Waals surface area contributed by atoms with Gasteiger partial charge in [-0.3, -0.25) is 4.98 Å². The number of nitriles is 1. The average molecular weight is 201 g/mol. The van der Waals surface area contributed by atoms with Crippen LogP contribution in [0.15, 0.2) is 24.5 Å². The first-order valence-electron chi connectivity index (χ1n) is 4.65. The van der Waals surface area contributed by atoms with Crippen LogP contribution in [0.1, 0.15) is 19.5 Å². The molecule has 2 rings (SSSR count). The van der Waals surface area contributed by atoms with Crippen LogP contribution in [0.5, 0.6) is 5.75 Å². The van der Waals surface area contributed by atoms with Crippen LogP contribution in [0.2, 0.25) is 0 Å². The molecule has 0 fully saturated rings. The molecule has 0 saturated heterocycles. The van der Waals surface area contributed by atoms with Gasteiger partial charge in [-0.25, -0.2) is 4.98 Å². The molecule has 0 spiro atoms. The van der Waals surface area contributed by atoms with Crippen molar-refractivity contribution in [2.45, 2.75) is 13.8 Å². The van der Waals surface area contributed by atoms with Crippen LogP contribution in [0.25, 0.3) is 10.9 Å². The van der Waals surface area contributed by atoms with Crippen molar-refractivity contribution in [1.82, 2.24) is 9.97 Å². The molecule has 4 heteroatoms. The van der Waals surface area contributed by atoms with E-state index in [4.69, 9.17) is 5.26 Å². The Kier molecular flexibility index (Phi) is 3.58. The fourth-order valence-electron chi connectivity index (χ4n) is 1.11. The van der Waals surface area contributed by atoms with E-state index in [0.29, 0.717) is 5.52 Å². The van der Waals surface area contributed by atoms with Crippen molar-refractivity contribution in [3.63, 3.8) is 0 Å². The fourth-order valence-corrected chi connectivity index (χ4v) is 1.11. The van der Waals surface area contributed by atoms with Gasteiger partial charge in [-0.2, -0.15) is 5.26 Å². The van der Waals surface area contributed by atoms with Crippen LogP contribution in [0.3, 0.4) is 0 Å². The molecule has 0 amide bonds. The van der Waals surface area contributed by atoms with Gasteiger partial charge in [0.15, 0.2) is 11.4 Å². The molecule has 0 aromatic carbocycles. The first kappa shape index (κ1) is 10.9. The Morgan fingerprint density at radius 3 is 2.73 bits per heavy atom. The third-order valence-electron chi connectivity index (χ3n) is 1.73. The number of fused-ring (bicyclic) bond motifs is 1. The summed E-state index contributed by atoms with van der Waals surface area (Å²) >= 11 is 0. The summed E-state index contributed by atoms with van der Waals surface area (Å²) in [6.07, 6.45) is 3.07. The van der Waals surface area contributed by atoms with Crippen molar-refractivity contribution in [3.8, 4) is 11.8 Å². The highest BCUT2D eigenvalue weighted by Gasteiger charge is 2.06. The molecule has 0 aliphatic rings. The molecule has 0 aliphatic heterocycles. The van der Waals surface area contributed by atoms with Crippen LogP contribution in [-0.2, 0) is 0 Å². The molecule has 0 bridgehead atoms. The Hall–Kier alpha value is -2.15. The quantitative estimate of drug-likeness (QED) is 0.709. The van der Waals surface area contributed by atoms with Gasteiger partial charge in [-0.15, -0.1) is 0 Å². The number of hydrogen-bond donors (Lipinski definition) is 1. The largest absolute Gasteiger partial charge is 0.503 e. The molecule has 76 valence electrons. The lowest BCUT2D eigenvalue weighted by molar-refractivity contribution is 0.476. The van der Waals surface area contributed by atoms with Crippen molar-refractivity contribution in [2.24, 2.45) is 0 Å². The molecule has 2 aromatic heterocycles. The zero-order valence-corrected chi connectivity index (χ0v) is 8.60. The predicted octanol–water partition coefficient (Wildman–Crippen LogP) is 2.23. The van der Waals surface area contributed by atoms with E-state index >= 15 is 0 Å². The first-order chi connectivity index (χ1) is 7.33. The summed E-state index contributed by atoms with van der Waals surface area (Å²) < 4.78 is 0. The molecule has 0 atom stereocenters. The molecule has 0 radical (unpaired) electrons. The van der Waals surface area contributed by atoms with Gasteiger partial charge < -0.3 is 5.11 Å². The number of hydrogen-bond acceptors (Lipinski definition) is 4. The topological polar surface area (TPSA) is 69.8 Å². The van der Waals surface area contributed by atoms with Gasteiger partial charge in [-0.1, -0.05) is 13.8 Å². The van der Waals surface area contributed by atoms with Gasteiger partial charge in [0.1, 0.15) is 11.6 Å². The smallest absolute Gasteiger partial charge is 0.184 e. The van der Waals surface area contributed by atoms with Crippen LogP contribution in [0.4, 0.5) is 0 Å². The minimum absolute atomic E-state index is 0.00574. The average Bonchev–Trinajstić information content (AvgIpc) is 2.33. The van der Waals surface area contributed by atoms with E-state index in [1.807, 2.05) is 13.8 Å². The molecular weight excluding hydrogens is 190 g/mol. The van der Waals surface area contributed by atoms with Gasteiger partial charge in [0.25, 0.3) is 0 Å². The number of rotatable bonds is 0. The van der Waals surface area contributed by atoms with Crippen LogP contribution in [-0.4, -0.2) is 15.1 Å². The molecule has 0 saturated carbocycles. The van der Waals surface area contributed by atoms with E-state index in [1.165, 1.54) is 6.20 Å². The van der Waals surface area contributed by atoms with Crippen LogP contribution in [0, 0.1) is 11.3 Å². The maximum Gasteiger partial charge on any atom is 0.184 e. The molecule has 1 N–H and O–H groups in total. The Morgan fingerprint density at radius 1 is 1.33 bits per heavy atom. The molecule has 0 unspecified atom stereocenters. The highest BCUT2D eigenvalue weighted by Crippen LogP contribution is 2.23. The van der Waals surface area contributed by atoms with Crippen LogP contribution >= 0.6 is 0 Å². The number of pyridine rings is 2. The molecule has 2 heterocycles.